The highest BCUT2D eigenvalue weighted by molar-refractivity contribution is 6.05. The highest BCUT2D eigenvalue weighted by Crippen LogP contribution is 2.26. The van der Waals surface area contributed by atoms with Crippen LogP contribution in [0.2, 0.25) is 0 Å². The average Bonchev–Trinajstić information content (AvgIpc) is 2.86. The van der Waals surface area contributed by atoms with Crippen molar-refractivity contribution in [2.24, 2.45) is 0 Å². The van der Waals surface area contributed by atoms with Crippen molar-refractivity contribution in [1.82, 2.24) is 0 Å². The second-order valence-electron chi connectivity index (χ2n) is 4.86. The molecule has 110 valence electrons. The summed E-state index contributed by atoms with van der Waals surface area (Å²) in [6.45, 7) is 0. The number of nitrogens with zero attached hydrogens (tertiary/aromatic N) is 1. The fourth-order valence-electron chi connectivity index (χ4n) is 2.27. The SMILES string of the molecule is O=C1Cc2cc(NC(=O)c3cccc([N+](=O)[O-])c3)ccc2N1. The van der Waals surface area contributed by atoms with Crippen molar-refractivity contribution in [1.29, 1.82) is 0 Å². The number of benzene rings is 2. The van der Waals surface area contributed by atoms with Gasteiger partial charge in [0.25, 0.3) is 11.6 Å². The molecule has 0 fully saturated rings. The van der Waals surface area contributed by atoms with E-state index in [9.17, 15) is 19.7 Å². The number of hydrogen-bond donors (Lipinski definition) is 2. The standard InChI is InChI=1S/C15H11N3O4/c19-14-8-10-6-11(4-5-13(10)17-14)16-15(20)9-2-1-3-12(7-9)18(21)22/h1-7H,8H2,(H,16,20)(H,17,19). The first-order valence-corrected chi connectivity index (χ1v) is 6.51. The summed E-state index contributed by atoms with van der Waals surface area (Å²) >= 11 is 0. The monoisotopic (exact) mass is 297 g/mol. The molecule has 7 nitrogen and oxygen atoms in total. The Morgan fingerprint density at radius 3 is 2.82 bits per heavy atom. The van der Waals surface area contributed by atoms with Gasteiger partial charge in [0, 0.05) is 29.1 Å². The topological polar surface area (TPSA) is 101 Å². The van der Waals surface area contributed by atoms with Crippen LogP contribution in [0.5, 0.6) is 0 Å². The molecule has 0 radical (unpaired) electrons. The third-order valence-electron chi connectivity index (χ3n) is 3.31. The lowest BCUT2D eigenvalue weighted by molar-refractivity contribution is -0.384. The molecule has 2 amide bonds. The molecule has 0 saturated heterocycles. The van der Waals surface area contributed by atoms with Gasteiger partial charge in [0.1, 0.15) is 0 Å². The lowest BCUT2D eigenvalue weighted by atomic mass is 10.1. The van der Waals surface area contributed by atoms with Crippen LogP contribution >= 0.6 is 0 Å². The number of rotatable bonds is 3. The maximum Gasteiger partial charge on any atom is 0.270 e. The first-order valence-electron chi connectivity index (χ1n) is 6.51. The molecule has 1 heterocycles. The molecule has 0 spiro atoms. The third-order valence-corrected chi connectivity index (χ3v) is 3.31. The van der Waals surface area contributed by atoms with Gasteiger partial charge in [-0.1, -0.05) is 6.07 Å². The van der Waals surface area contributed by atoms with E-state index in [0.717, 1.165) is 11.3 Å². The fourth-order valence-corrected chi connectivity index (χ4v) is 2.27. The summed E-state index contributed by atoms with van der Waals surface area (Å²) in [5.74, 6) is -0.530. The van der Waals surface area contributed by atoms with Gasteiger partial charge in [0.05, 0.1) is 11.3 Å². The summed E-state index contributed by atoms with van der Waals surface area (Å²) in [6, 6.07) is 10.6. The van der Waals surface area contributed by atoms with Crippen molar-refractivity contribution < 1.29 is 14.5 Å². The molecule has 0 bridgehead atoms. The minimum absolute atomic E-state index is 0.0860. The fraction of sp³-hybridized carbons (Fsp3) is 0.0667. The molecule has 2 aromatic carbocycles. The van der Waals surface area contributed by atoms with Crippen molar-refractivity contribution in [3.8, 4) is 0 Å². The van der Waals surface area contributed by atoms with E-state index in [1.54, 1.807) is 18.2 Å². The molecule has 0 aliphatic carbocycles. The summed E-state index contributed by atoms with van der Waals surface area (Å²) in [7, 11) is 0. The van der Waals surface area contributed by atoms with Gasteiger partial charge in [-0.25, -0.2) is 0 Å². The molecule has 3 rings (SSSR count). The molecule has 1 aliphatic heterocycles. The lowest BCUT2D eigenvalue weighted by Gasteiger charge is -2.07. The zero-order valence-corrected chi connectivity index (χ0v) is 11.3. The maximum atomic E-state index is 12.1. The number of fused-ring (bicyclic) bond motifs is 1. The van der Waals surface area contributed by atoms with Crippen molar-refractivity contribution in [2.45, 2.75) is 6.42 Å². The first kappa shape index (κ1) is 13.7. The number of amides is 2. The summed E-state index contributed by atoms with van der Waals surface area (Å²) in [6.07, 6.45) is 0.274. The molecule has 0 aromatic heterocycles. The van der Waals surface area contributed by atoms with Gasteiger partial charge in [-0.2, -0.15) is 0 Å². The third kappa shape index (κ3) is 2.64. The van der Waals surface area contributed by atoms with Crippen molar-refractivity contribution >= 4 is 28.9 Å². The molecule has 0 unspecified atom stereocenters. The number of hydrogen-bond acceptors (Lipinski definition) is 4. The number of non-ortho nitro benzene ring substituents is 1. The Labute approximate surface area is 125 Å². The number of nitrogens with one attached hydrogen (secondary N) is 2. The van der Waals surface area contributed by atoms with E-state index < -0.39 is 10.8 Å². The van der Waals surface area contributed by atoms with Gasteiger partial charge in [0.2, 0.25) is 5.91 Å². The van der Waals surface area contributed by atoms with E-state index in [4.69, 9.17) is 0 Å². The number of carbonyl (C=O) groups excluding carboxylic acids is 2. The quantitative estimate of drug-likeness (QED) is 0.670. The van der Waals surface area contributed by atoms with E-state index in [0.29, 0.717) is 5.69 Å². The predicted octanol–water partition coefficient (Wildman–Crippen LogP) is 2.34. The Morgan fingerprint density at radius 2 is 2.05 bits per heavy atom. The number of nitro benzene ring substituents is 1. The first-order chi connectivity index (χ1) is 10.5. The van der Waals surface area contributed by atoms with Crippen LogP contribution in [0.25, 0.3) is 0 Å². The van der Waals surface area contributed by atoms with E-state index in [1.165, 1.54) is 24.3 Å². The molecule has 7 heteroatoms. The number of nitro groups is 1. The molecule has 0 saturated carbocycles. The van der Waals surface area contributed by atoms with Gasteiger partial charge in [-0.05, 0) is 29.8 Å². The van der Waals surface area contributed by atoms with Crippen LogP contribution < -0.4 is 10.6 Å². The molecule has 2 aromatic rings. The molecular formula is C15H11N3O4. The van der Waals surface area contributed by atoms with Crippen LogP contribution in [0.1, 0.15) is 15.9 Å². The lowest BCUT2D eigenvalue weighted by Crippen LogP contribution is -2.12. The second-order valence-corrected chi connectivity index (χ2v) is 4.86. The summed E-state index contributed by atoms with van der Waals surface area (Å²) in [5, 5.41) is 16.1. The van der Waals surface area contributed by atoms with Gasteiger partial charge in [-0.3, -0.25) is 19.7 Å². The highest BCUT2D eigenvalue weighted by atomic mass is 16.6. The van der Waals surface area contributed by atoms with E-state index in [-0.39, 0.29) is 23.6 Å². The van der Waals surface area contributed by atoms with Crippen LogP contribution in [0.15, 0.2) is 42.5 Å². The van der Waals surface area contributed by atoms with Crippen LogP contribution in [0, 0.1) is 10.1 Å². The van der Waals surface area contributed by atoms with Crippen molar-refractivity contribution in [2.75, 3.05) is 10.6 Å². The van der Waals surface area contributed by atoms with Crippen LogP contribution in [-0.2, 0) is 11.2 Å². The minimum atomic E-state index is -0.552. The Balaban J connectivity index is 1.80. The highest BCUT2D eigenvalue weighted by Gasteiger charge is 2.18. The van der Waals surface area contributed by atoms with Crippen molar-refractivity contribution in [3.05, 3.63) is 63.7 Å². The largest absolute Gasteiger partial charge is 0.326 e. The van der Waals surface area contributed by atoms with Gasteiger partial charge >= 0.3 is 0 Å². The van der Waals surface area contributed by atoms with Gasteiger partial charge in [0.15, 0.2) is 0 Å². The van der Waals surface area contributed by atoms with Gasteiger partial charge in [-0.15, -0.1) is 0 Å². The average molecular weight is 297 g/mol. The van der Waals surface area contributed by atoms with E-state index in [2.05, 4.69) is 10.6 Å². The van der Waals surface area contributed by atoms with Crippen LogP contribution in [0.3, 0.4) is 0 Å². The Kier molecular flexibility index (Phi) is 3.30. The van der Waals surface area contributed by atoms with Crippen molar-refractivity contribution in [3.63, 3.8) is 0 Å². The predicted molar refractivity (Wildman–Crippen MR) is 79.8 cm³/mol. The molecule has 1 aliphatic rings. The van der Waals surface area contributed by atoms with Crippen LogP contribution in [0.4, 0.5) is 17.1 Å². The molecule has 22 heavy (non-hydrogen) atoms. The van der Waals surface area contributed by atoms with Crippen LogP contribution in [-0.4, -0.2) is 16.7 Å². The smallest absolute Gasteiger partial charge is 0.270 e. The van der Waals surface area contributed by atoms with E-state index >= 15 is 0 Å². The summed E-state index contributed by atoms with van der Waals surface area (Å²) in [4.78, 5) is 33.6. The Bertz CT molecular complexity index is 801. The normalized spacial score (nSPS) is 12.5. The molecule has 0 atom stereocenters. The summed E-state index contributed by atoms with van der Waals surface area (Å²) < 4.78 is 0. The van der Waals surface area contributed by atoms with Gasteiger partial charge < -0.3 is 10.6 Å². The maximum absolute atomic E-state index is 12.1. The zero-order valence-electron chi connectivity index (χ0n) is 11.3. The Morgan fingerprint density at radius 1 is 1.23 bits per heavy atom. The van der Waals surface area contributed by atoms with E-state index in [1.807, 2.05) is 0 Å². The molecule has 2 N–H and O–H groups in total. The summed E-state index contributed by atoms with van der Waals surface area (Å²) in [5.41, 5.74) is 2.13. The zero-order chi connectivity index (χ0) is 15.7. The second kappa shape index (κ2) is 5.28. The minimum Gasteiger partial charge on any atom is -0.326 e. The number of anilines is 2. The Hall–Kier alpha value is -3.22. The molecular weight excluding hydrogens is 286 g/mol. The number of carbonyl (C=O) groups is 2.